The van der Waals surface area contributed by atoms with Gasteiger partial charge in [-0.15, -0.1) is 0 Å². The van der Waals surface area contributed by atoms with E-state index >= 15 is 0 Å². The number of nitrogens with zero attached hydrogens (tertiary/aromatic N) is 1. The van der Waals surface area contributed by atoms with Gasteiger partial charge in [0.15, 0.2) is 16.5 Å². The zero-order chi connectivity index (χ0) is 9.35. The van der Waals surface area contributed by atoms with E-state index in [2.05, 4.69) is 14.4 Å². The standard InChI is InChI=1S/C5H9N3O3S/c1-3-4(5(6)8-11-3)12(9,10)7-2/h7H,1-2H3,(H2,6,8). The van der Waals surface area contributed by atoms with Gasteiger partial charge in [-0.1, -0.05) is 5.16 Å². The number of sulfonamides is 1. The maximum absolute atomic E-state index is 11.2. The minimum Gasteiger partial charge on any atom is -0.380 e. The molecule has 0 atom stereocenters. The molecule has 1 aromatic heterocycles. The Labute approximate surface area is 69.8 Å². The number of anilines is 1. The van der Waals surface area contributed by atoms with E-state index < -0.39 is 10.0 Å². The number of hydrogen-bond donors (Lipinski definition) is 2. The van der Waals surface area contributed by atoms with E-state index in [1.165, 1.54) is 14.0 Å². The molecule has 1 aromatic rings. The Balaban J connectivity index is 3.37. The van der Waals surface area contributed by atoms with Gasteiger partial charge < -0.3 is 10.3 Å². The average molecular weight is 191 g/mol. The van der Waals surface area contributed by atoms with Crippen LogP contribution in [0, 0.1) is 6.92 Å². The third-order valence-corrected chi connectivity index (χ3v) is 2.94. The van der Waals surface area contributed by atoms with Crippen molar-refractivity contribution in [3.8, 4) is 0 Å². The molecule has 6 nitrogen and oxygen atoms in total. The van der Waals surface area contributed by atoms with Crippen LogP contribution < -0.4 is 10.5 Å². The van der Waals surface area contributed by atoms with Crippen molar-refractivity contribution in [3.63, 3.8) is 0 Å². The van der Waals surface area contributed by atoms with Gasteiger partial charge in [-0.2, -0.15) is 0 Å². The molecule has 0 unspecified atom stereocenters. The molecule has 0 aliphatic heterocycles. The van der Waals surface area contributed by atoms with Gasteiger partial charge in [-0.25, -0.2) is 13.1 Å². The normalized spacial score (nSPS) is 11.8. The summed E-state index contributed by atoms with van der Waals surface area (Å²) in [5.41, 5.74) is 5.28. The van der Waals surface area contributed by atoms with Crippen LogP contribution in [0.2, 0.25) is 0 Å². The summed E-state index contributed by atoms with van der Waals surface area (Å²) < 4.78 is 29.1. The maximum atomic E-state index is 11.2. The highest BCUT2D eigenvalue weighted by molar-refractivity contribution is 7.89. The Hall–Kier alpha value is -1.08. The molecule has 68 valence electrons. The van der Waals surface area contributed by atoms with E-state index in [-0.39, 0.29) is 16.5 Å². The first-order valence-electron chi connectivity index (χ1n) is 3.14. The lowest BCUT2D eigenvalue weighted by Crippen LogP contribution is -2.19. The number of aryl methyl sites for hydroxylation is 1. The highest BCUT2D eigenvalue weighted by Gasteiger charge is 2.22. The Bertz CT molecular complexity index is 361. The molecule has 0 aliphatic carbocycles. The number of aromatic nitrogens is 1. The van der Waals surface area contributed by atoms with Crippen molar-refractivity contribution in [3.05, 3.63) is 5.76 Å². The summed E-state index contributed by atoms with van der Waals surface area (Å²) >= 11 is 0. The molecule has 0 aliphatic rings. The molecule has 0 bridgehead atoms. The molecule has 3 N–H and O–H groups in total. The van der Waals surface area contributed by atoms with Gasteiger partial charge >= 0.3 is 0 Å². The second-order valence-electron chi connectivity index (χ2n) is 2.16. The van der Waals surface area contributed by atoms with Crippen molar-refractivity contribution < 1.29 is 12.9 Å². The van der Waals surface area contributed by atoms with Gasteiger partial charge in [0.1, 0.15) is 0 Å². The topological polar surface area (TPSA) is 98.2 Å². The highest BCUT2D eigenvalue weighted by atomic mass is 32.2. The van der Waals surface area contributed by atoms with E-state index in [1.807, 2.05) is 0 Å². The van der Waals surface area contributed by atoms with E-state index in [0.29, 0.717) is 0 Å². The van der Waals surface area contributed by atoms with Crippen molar-refractivity contribution in [1.29, 1.82) is 0 Å². The van der Waals surface area contributed by atoms with Crippen LogP contribution in [0.25, 0.3) is 0 Å². The molecule has 1 rings (SSSR count). The number of rotatable bonds is 2. The van der Waals surface area contributed by atoms with Crippen molar-refractivity contribution in [2.24, 2.45) is 0 Å². The maximum Gasteiger partial charge on any atom is 0.247 e. The van der Waals surface area contributed by atoms with Crippen molar-refractivity contribution >= 4 is 15.8 Å². The van der Waals surface area contributed by atoms with Crippen molar-refractivity contribution in [2.75, 3.05) is 12.8 Å². The number of nitrogens with one attached hydrogen (secondary N) is 1. The molecule has 0 saturated carbocycles. The van der Waals surface area contributed by atoms with Crippen LogP contribution in [-0.4, -0.2) is 20.6 Å². The summed E-state index contributed by atoms with van der Waals surface area (Å²) in [6.45, 7) is 1.48. The van der Waals surface area contributed by atoms with Crippen molar-refractivity contribution in [2.45, 2.75) is 11.8 Å². The average Bonchev–Trinajstić information content (AvgIpc) is 2.31. The molecule has 12 heavy (non-hydrogen) atoms. The van der Waals surface area contributed by atoms with Gasteiger partial charge in [-0.3, -0.25) is 0 Å². The van der Waals surface area contributed by atoms with E-state index in [4.69, 9.17) is 5.73 Å². The molecule has 0 fully saturated rings. The zero-order valence-corrected chi connectivity index (χ0v) is 7.47. The summed E-state index contributed by atoms with van der Waals surface area (Å²) in [5.74, 6) is 0.0590. The van der Waals surface area contributed by atoms with Crippen LogP contribution in [0.1, 0.15) is 5.76 Å². The second-order valence-corrected chi connectivity index (χ2v) is 3.98. The lowest BCUT2D eigenvalue weighted by molar-refractivity contribution is 0.396. The SMILES string of the molecule is CNS(=O)(=O)c1c(N)noc1C. The van der Waals surface area contributed by atoms with Gasteiger partial charge in [0, 0.05) is 0 Å². The Morgan fingerprint density at radius 1 is 1.58 bits per heavy atom. The first-order chi connectivity index (χ1) is 5.49. The van der Waals surface area contributed by atoms with E-state index in [1.54, 1.807) is 0 Å². The lowest BCUT2D eigenvalue weighted by atomic mass is 10.5. The molecular weight excluding hydrogens is 182 g/mol. The van der Waals surface area contributed by atoms with Gasteiger partial charge in [0.2, 0.25) is 10.0 Å². The third kappa shape index (κ3) is 1.28. The molecule has 0 radical (unpaired) electrons. The van der Waals surface area contributed by atoms with Gasteiger partial charge in [0.05, 0.1) is 0 Å². The first-order valence-corrected chi connectivity index (χ1v) is 4.62. The van der Waals surface area contributed by atoms with Crippen LogP contribution >= 0.6 is 0 Å². The highest BCUT2D eigenvalue weighted by Crippen LogP contribution is 2.20. The Morgan fingerprint density at radius 3 is 2.50 bits per heavy atom. The molecule has 0 aromatic carbocycles. The van der Waals surface area contributed by atoms with Crippen LogP contribution in [-0.2, 0) is 10.0 Å². The number of nitrogen functional groups attached to an aromatic ring is 1. The summed E-state index contributed by atoms with van der Waals surface area (Å²) in [6.07, 6.45) is 0. The quantitative estimate of drug-likeness (QED) is 0.655. The molecule has 0 amide bonds. The predicted molar refractivity (Wildman–Crippen MR) is 41.9 cm³/mol. The second kappa shape index (κ2) is 2.76. The molecular formula is C5H9N3O3S. The first kappa shape index (κ1) is 9.01. The van der Waals surface area contributed by atoms with Gasteiger partial charge in [0.25, 0.3) is 0 Å². The lowest BCUT2D eigenvalue weighted by Gasteiger charge is -1.98. The van der Waals surface area contributed by atoms with Crippen LogP contribution in [0.15, 0.2) is 9.42 Å². The minimum absolute atomic E-state index is 0.0926. The van der Waals surface area contributed by atoms with Crippen LogP contribution in [0.3, 0.4) is 0 Å². The van der Waals surface area contributed by atoms with E-state index in [0.717, 1.165) is 0 Å². The Morgan fingerprint density at radius 2 is 2.17 bits per heavy atom. The Kier molecular flexibility index (Phi) is 2.07. The van der Waals surface area contributed by atoms with Crippen molar-refractivity contribution in [1.82, 2.24) is 9.88 Å². The third-order valence-electron chi connectivity index (χ3n) is 1.37. The number of nitrogens with two attached hydrogens (primary N) is 1. The van der Waals surface area contributed by atoms with Crippen LogP contribution in [0.5, 0.6) is 0 Å². The molecule has 1 heterocycles. The molecule has 0 spiro atoms. The minimum atomic E-state index is -3.55. The van der Waals surface area contributed by atoms with E-state index in [9.17, 15) is 8.42 Å². The zero-order valence-electron chi connectivity index (χ0n) is 6.66. The summed E-state index contributed by atoms with van der Waals surface area (Å²) in [5, 5.41) is 3.31. The van der Waals surface area contributed by atoms with Gasteiger partial charge in [-0.05, 0) is 14.0 Å². The van der Waals surface area contributed by atoms with Crippen LogP contribution in [0.4, 0.5) is 5.82 Å². The fourth-order valence-electron chi connectivity index (χ4n) is 0.810. The summed E-state index contributed by atoms with van der Waals surface area (Å²) in [4.78, 5) is -0.0926. The fourth-order valence-corrected chi connectivity index (χ4v) is 1.74. The monoisotopic (exact) mass is 191 g/mol. The number of hydrogen-bond acceptors (Lipinski definition) is 5. The molecule has 0 saturated heterocycles. The summed E-state index contributed by atoms with van der Waals surface area (Å²) in [7, 11) is -2.25. The summed E-state index contributed by atoms with van der Waals surface area (Å²) in [6, 6.07) is 0. The fraction of sp³-hybridized carbons (Fsp3) is 0.400. The molecule has 7 heteroatoms. The predicted octanol–water partition coefficient (Wildman–Crippen LogP) is -0.527. The smallest absolute Gasteiger partial charge is 0.247 e. The largest absolute Gasteiger partial charge is 0.380 e.